The number of anilines is 1. The fraction of sp³-hybridized carbons (Fsp3) is 0.292. The first-order valence-corrected chi connectivity index (χ1v) is 11.4. The molecule has 1 atom stereocenters. The zero-order valence-corrected chi connectivity index (χ0v) is 19.9. The van der Waals surface area contributed by atoms with Crippen molar-refractivity contribution in [1.82, 2.24) is 15.1 Å². The number of aryl methyl sites for hydroxylation is 2. The second-order valence-electron chi connectivity index (χ2n) is 7.68. The van der Waals surface area contributed by atoms with Crippen molar-refractivity contribution in [2.24, 2.45) is 12.0 Å². The maximum absolute atomic E-state index is 12.4. The molecule has 0 aromatic carbocycles. The molecule has 0 radical (unpaired) electrons. The minimum absolute atomic E-state index is 0.305. The number of alkyl carbamates (subject to hydrolysis) is 1. The van der Waals surface area contributed by atoms with Gasteiger partial charge in [-0.3, -0.25) is 14.5 Å². The van der Waals surface area contributed by atoms with Crippen LogP contribution >= 0.6 is 11.3 Å². The number of rotatable bonds is 8. The molecular formula is C24H26N6O3S. The lowest BCUT2D eigenvalue weighted by atomic mass is 9.94. The predicted octanol–water partition coefficient (Wildman–Crippen LogP) is 3.71. The van der Waals surface area contributed by atoms with Gasteiger partial charge in [0.05, 0.1) is 23.5 Å². The molecule has 2 N–H and O–H groups in total. The molecule has 0 fully saturated rings. The topological polar surface area (TPSA) is 121 Å². The largest absolute Gasteiger partial charge is 0.446 e. The summed E-state index contributed by atoms with van der Waals surface area (Å²) in [7, 11) is 1.82. The summed E-state index contributed by atoms with van der Waals surface area (Å²) >= 11 is 1.34. The average Bonchev–Trinajstić information content (AvgIpc) is 3.31. The number of nitrogens with zero attached hydrogens (tertiary/aromatic N) is 4. The highest BCUT2D eigenvalue weighted by Gasteiger charge is 2.28. The SMILES string of the molecule is C=CC(/C=C/C(=O)Nc1sc2c(c1C#N)CCC(OC(=O)NCc1cc(C)nn1C)C2)=C\N=C. The van der Waals surface area contributed by atoms with Crippen LogP contribution in [0, 0.1) is 18.3 Å². The molecule has 10 heteroatoms. The van der Waals surface area contributed by atoms with Crippen LogP contribution in [0.15, 0.2) is 47.6 Å². The molecule has 2 aromatic heterocycles. The summed E-state index contributed by atoms with van der Waals surface area (Å²) in [6.07, 6.45) is 6.83. The van der Waals surface area contributed by atoms with E-state index >= 15 is 0 Å². The van der Waals surface area contributed by atoms with Gasteiger partial charge in [0, 0.05) is 30.6 Å². The summed E-state index contributed by atoms with van der Waals surface area (Å²) in [6, 6.07) is 4.10. The Bertz CT molecular complexity index is 1210. The van der Waals surface area contributed by atoms with Crippen LogP contribution in [0.25, 0.3) is 0 Å². The molecule has 2 heterocycles. The van der Waals surface area contributed by atoms with Crippen LogP contribution in [0.1, 0.15) is 33.8 Å². The summed E-state index contributed by atoms with van der Waals surface area (Å²) in [5.41, 5.74) is 3.75. The predicted molar refractivity (Wildman–Crippen MR) is 132 cm³/mol. The van der Waals surface area contributed by atoms with Crippen molar-refractivity contribution in [2.45, 2.75) is 38.8 Å². The number of nitriles is 1. The molecular weight excluding hydrogens is 452 g/mol. The molecule has 0 aliphatic heterocycles. The number of hydrogen-bond donors (Lipinski definition) is 2. The van der Waals surface area contributed by atoms with Gasteiger partial charge in [-0.25, -0.2) is 4.79 Å². The van der Waals surface area contributed by atoms with Crippen LogP contribution in [-0.4, -0.2) is 34.6 Å². The van der Waals surface area contributed by atoms with Gasteiger partial charge in [-0.2, -0.15) is 10.4 Å². The van der Waals surface area contributed by atoms with E-state index in [1.807, 2.05) is 20.0 Å². The van der Waals surface area contributed by atoms with Crippen LogP contribution < -0.4 is 10.6 Å². The Hall–Kier alpha value is -3.97. The van der Waals surface area contributed by atoms with Gasteiger partial charge in [-0.05, 0) is 49.8 Å². The molecule has 0 saturated heterocycles. The van der Waals surface area contributed by atoms with Gasteiger partial charge in [0.2, 0.25) is 5.91 Å². The lowest BCUT2D eigenvalue weighted by molar-refractivity contribution is -0.111. The maximum Gasteiger partial charge on any atom is 0.407 e. The molecule has 2 aromatic rings. The summed E-state index contributed by atoms with van der Waals surface area (Å²) < 4.78 is 7.31. The fourth-order valence-corrected chi connectivity index (χ4v) is 4.91. The molecule has 1 unspecified atom stereocenters. The molecule has 176 valence electrons. The summed E-state index contributed by atoms with van der Waals surface area (Å²) in [6.45, 7) is 9.23. The Kier molecular flexibility index (Phi) is 8.16. The number of carbonyl (C=O) groups excluding carboxylic acids is 2. The van der Waals surface area contributed by atoms with Crippen LogP contribution in [0.3, 0.4) is 0 Å². The van der Waals surface area contributed by atoms with E-state index in [-0.39, 0.29) is 12.0 Å². The molecule has 3 rings (SSSR count). The number of fused-ring (bicyclic) bond motifs is 1. The van der Waals surface area contributed by atoms with Crippen LogP contribution in [0.5, 0.6) is 0 Å². The van der Waals surface area contributed by atoms with Gasteiger partial charge in [-0.1, -0.05) is 12.7 Å². The molecule has 0 saturated carbocycles. The summed E-state index contributed by atoms with van der Waals surface area (Å²) in [4.78, 5) is 29.2. The van der Waals surface area contributed by atoms with Crippen molar-refractivity contribution in [3.63, 3.8) is 0 Å². The smallest absolute Gasteiger partial charge is 0.407 e. The minimum Gasteiger partial charge on any atom is -0.446 e. The van der Waals surface area contributed by atoms with E-state index in [2.05, 4.69) is 40.1 Å². The molecule has 2 amide bonds. The molecule has 0 spiro atoms. The molecule has 1 aliphatic carbocycles. The average molecular weight is 479 g/mol. The maximum atomic E-state index is 12.4. The van der Waals surface area contributed by atoms with Crippen LogP contribution in [0.4, 0.5) is 9.80 Å². The Labute approximate surface area is 202 Å². The lowest BCUT2D eigenvalue weighted by Gasteiger charge is -2.22. The highest BCUT2D eigenvalue weighted by atomic mass is 32.1. The quantitative estimate of drug-likeness (QED) is 0.340. The van der Waals surface area contributed by atoms with Gasteiger partial charge in [0.15, 0.2) is 0 Å². The van der Waals surface area contributed by atoms with E-state index in [1.54, 1.807) is 16.8 Å². The first kappa shape index (κ1) is 24.7. The second kappa shape index (κ2) is 11.2. The third-order valence-electron chi connectivity index (χ3n) is 5.26. The third-order valence-corrected chi connectivity index (χ3v) is 6.43. The fourth-order valence-electron chi connectivity index (χ4n) is 3.64. The molecule has 1 aliphatic rings. The first-order valence-electron chi connectivity index (χ1n) is 10.6. The number of aromatic nitrogens is 2. The molecule has 9 nitrogen and oxygen atoms in total. The van der Waals surface area contributed by atoms with Gasteiger partial charge in [0.25, 0.3) is 0 Å². The van der Waals surface area contributed by atoms with Crippen LogP contribution in [-0.2, 0) is 36.0 Å². The van der Waals surface area contributed by atoms with Crippen molar-refractivity contribution in [3.05, 3.63) is 70.0 Å². The molecule has 34 heavy (non-hydrogen) atoms. The normalized spacial score (nSPS) is 15.3. The van der Waals surface area contributed by atoms with Crippen molar-refractivity contribution in [3.8, 4) is 6.07 Å². The highest BCUT2D eigenvalue weighted by Crippen LogP contribution is 2.38. The Morgan fingerprint density at radius 2 is 2.26 bits per heavy atom. The second-order valence-corrected chi connectivity index (χ2v) is 8.79. The first-order chi connectivity index (χ1) is 16.3. The van der Waals surface area contributed by atoms with Gasteiger partial charge in [0.1, 0.15) is 17.2 Å². The number of nitrogens with one attached hydrogen (secondary N) is 2. The number of amides is 2. The van der Waals surface area contributed by atoms with E-state index in [9.17, 15) is 14.9 Å². The number of carbonyl (C=O) groups is 2. The van der Waals surface area contributed by atoms with Crippen LogP contribution in [0.2, 0.25) is 0 Å². The van der Waals surface area contributed by atoms with Crippen molar-refractivity contribution >= 4 is 35.1 Å². The van der Waals surface area contributed by atoms with Crippen molar-refractivity contribution in [2.75, 3.05) is 5.32 Å². The lowest BCUT2D eigenvalue weighted by Crippen LogP contribution is -2.32. The number of thiophene rings is 1. The molecule has 0 bridgehead atoms. The highest BCUT2D eigenvalue weighted by molar-refractivity contribution is 7.16. The standard InChI is InChI=1S/C24H26N6O3S/c1-5-16(13-26-3)6-9-22(31)28-23-20(12-25)19-8-7-18(11-21(19)34-23)33-24(32)27-14-17-10-15(2)29-30(17)4/h5-6,9-10,13,18H,1,3,7-8,11,14H2,2,4H3,(H,27,32)(H,28,31)/b9-6+,16-13+. The Morgan fingerprint density at radius 1 is 1.47 bits per heavy atom. The van der Waals surface area contributed by atoms with Gasteiger partial charge >= 0.3 is 6.09 Å². The summed E-state index contributed by atoms with van der Waals surface area (Å²) in [5, 5.41) is 19.9. The summed E-state index contributed by atoms with van der Waals surface area (Å²) in [5.74, 6) is -0.371. The Morgan fingerprint density at radius 3 is 2.91 bits per heavy atom. The van der Waals surface area contributed by atoms with E-state index in [4.69, 9.17) is 4.74 Å². The monoisotopic (exact) mass is 478 g/mol. The van der Waals surface area contributed by atoms with Crippen molar-refractivity contribution < 1.29 is 14.3 Å². The number of hydrogen-bond acceptors (Lipinski definition) is 7. The number of allylic oxidation sites excluding steroid dienone is 3. The number of aliphatic imine (C=N–C) groups is 1. The third kappa shape index (κ3) is 6.08. The van der Waals surface area contributed by atoms with Gasteiger partial charge < -0.3 is 15.4 Å². The zero-order chi connectivity index (χ0) is 24.7. The number of ether oxygens (including phenoxy) is 1. The van der Waals surface area contributed by atoms with Gasteiger partial charge in [-0.15, -0.1) is 11.3 Å². The van der Waals surface area contributed by atoms with E-state index in [0.29, 0.717) is 41.9 Å². The Balaban J connectivity index is 1.61. The minimum atomic E-state index is -0.497. The van der Waals surface area contributed by atoms with Crippen molar-refractivity contribution in [1.29, 1.82) is 5.26 Å². The zero-order valence-electron chi connectivity index (χ0n) is 19.1. The van der Waals surface area contributed by atoms with E-state index < -0.39 is 6.09 Å². The van der Waals surface area contributed by atoms with E-state index in [0.717, 1.165) is 21.8 Å². The van der Waals surface area contributed by atoms with E-state index in [1.165, 1.54) is 23.6 Å².